The Morgan fingerprint density at radius 1 is 1.23 bits per heavy atom. The van der Waals surface area contributed by atoms with Crippen LogP contribution in [0.4, 0.5) is 13.2 Å². The normalized spacial score (nSPS) is 22.3. The first-order valence-corrected chi connectivity index (χ1v) is 13.0. The third-order valence-electron chi connectivity index (χ3n) is 7.57. The number of aliphatic hydroxyl groups excluding tert-OH is 1. The molecule has 2 amide bonds. The molecular formula is C27H32F3N3O6. The predicted octanol–water partition coefficient (Wildman–Crippen LogP) is 2.67. The highest BCUT2D eigenvalue weighted by molar-refractivity contribution is 5.99. The number of aliphatic hydroxyl groups is 2. The lowest BCUT2D eigenvalue weighted by Gasteiger charge is -2.42. The lowest BCUT2D eigenvalue weighted by Crippen LogP contribution is -2.52. The van der Waals surface area contributed by atoms with Gasteiger partial charge < -0.3 is 29.7 Å². The first-order chi connectivity index (χ1) is 18.5. The van der Waals surface area contributed by atoms with Crippen molar-refractivity contribution in [1.82, 2.24) is 14.8 Å². The van der Waals surface area contributed by atoms with Crippen molar-refractivity contribution >= 4 is 11.8 Å². The van der Waals surface area contributed by atoms with Crippen molar-refractivity contribution in [3.63, 3.8) is 0 Å². The molecule has 4 rings (SSSR count). The van der Waals surface area contributed by atoms with Gasteiger partial charge in [0.15, 0.2) is 11.4 Å². The number of amides is 2. The molecule has 0 aliphatic carbocycles. The van der Waals surface area contributed by atoms with Crippen LogP contribution in [0, 0.1) is 17.5 Å². The molecule has 2 aliphatic rings. The quantitative estimate of drug-likeness (QED) is 0.412. The topological polar surface area (TPSA) is 121 Å². The van der Waals surface area contributed by atoms with Crippen LogP contribution in [0.25, 0.3) is 0 Å². The van der Waals surface area contributed by atoms with Gasteiger partial charge in [-0.2, -0.15) is 0 Å². The number of ether oxygens (including phenoxy) is 1. The van der Waals surface area contributed by atoms with Crippen LogP contribution in [-0.2, 0) is 6.54 Å². The number of pyridine rings is 1. The lowest BCUT2D eigenvalue weighted by atomic mass is 9.85. The van der Waals surface area contributed by atoms with Gasteiger partial charge in [0, 0.05) is 56.1 Å². The van der Waals surface area contributed by atoms with E-state index in [1.807, 2.05) is 13.8 Å². The molecule has 3 atom stereocenters. The van der Waals surface area contributed by atoms with Crippen LogP contribution in [-0.4, -0.2) is 62.9 Å². The highest BCUT2D eigenvalue weighted by Gasteiger charge is 2.49. The number of nitrogens with zero attached hydrogens (tertiary/aromatic N) is 2. The van der Waals surface area contributed by atoms with E-state index in [4.69, 9.17) is 4.74 Å². The van der Waals surface area contributed by atoms with Crippen molar-refractivity contribution in [2.45, 2.75) is 70.2 Å². The van der Waals surface area contributed by atoms with E-state index in [1.165, 1.54) is 4.57 Å². The van der Waals surface area contributed by atoms with Crippen molar-refractivity contribution in [2.75, 3.05) is 19.8 Å². The number of nitrogens with one attached hydrogen (secondary N) is 1. The van der Waals surface area contributed by atoms with Crippen molar-refractivity contribution in [3.05, 3.63) is 62.8 Å². The number of halogens is 3. The van der Waals surface area contributed by atoms with E-state index >= 15 is 0 Å². The van der Waals surface area contributed by atoms with Crippen LogP contribution in [0.1, 0.15) is 78.4 Å². The predicted molar refractivity (Wildman–Crippen MR) is 134 cm³/mol. The summed E-state index contributed by atoms with van der Waals surface area (Å²) < 4.78 is 48.6. The number of benzene rings is 1. The Hall–Kier alpha value is -3.38. The molecule has 9 nitrogen and oxygen atoms in total. The molecule has 1 fully saturated rings. The standard InChI is InChI=1S/C27H32F3N3O6/c1-3-4-9-39-24-22-26(37)32-14-21(27(38,7-8-34)6-5-15(32)2)33(22)13-18(23(24)35)25(36)31-12-17-19(29)10-16(28)11-20(17)30/h10-11,13,15,21,34,38H,3-9,12,14H2,1-2H3,(H,31,36)/t15-,21+,27+/m0/s1. The van der Waals surface area contributed by atoms with Gasteiger partial charge in [-0.05, 0) is 26.2 Å². The Balaban J connectivity index is 1.81. The SMILES string of the molecule is CCCCOc1c2n(cc(C(=O)NCc3c(F)cc(F)cc3F)c1=O)[C@@H]1CN(C2=O)[C@@H](C)CC[C@@]1(O)CCO. The summed E-state index contributed by atoms with van der Waals surface area (Å²) >= 11 is 0. The van der Waals surface area contributed by atoms with Crippen molar-refractivity contribution in [3.8, 4) is 5.75 Å². The third-order valence-corrected chi connectivity index (χ3v) is 7.57. The van der Waals surface area contributed by atoms with Gasteiger partial charge in [0.1, 0.15) is 23.0 Å². The van der Waals surface area contributed by atoms with Crippen molar-refractivity contribution in [2.24, 2.45) is 0 Å². The second kappa shape index (κ2) is 11.4. The highest BCUT2D eigenvalue weighted by Crippen LogP contribution is 2.41. The molecule has 2 aromatic rings. The van der Waals surface area contributed by atoms with Gasteiger partial charge in [-0.1, -0.05) is 13.3 Å². The molecule has 0 saturated carbocycles. The van der Waals surface area contributed by atoms with Gasteiger partial charge in [0.25, 0.3) is 11.8 Å². The van der Waals surface area contributed by atoms with Gasteiger partial charge in [0.05, 0.1) is 18.2 Å². The summed E-state index contributed by atoms with van der Waals surface area (Å²) in [6.07, 6.45) is 3.14. The van der Waals surface area contributed by atoms with Gasteiger partial charge in [-0.3, -0.25) is 14.4 Å². The molecule has 39 heavy (non-hydrogen) atoms. The maximum Gasteiger partial charge on any atom is 0.274 e. The molecule has 3 N–H and O–H groups in total. The highest BCUT2D eigenvalue weighted by atomic mass is 19.1. The van der Waals surface area contributed by atoms with Gasteiger partial charge >= 0.3 is 0 Å². The Morgan fingerprint density at radius 3 is 2.56 bits per heavy atom. The Kier molecular flexibility index (Phi) is 8.36. The van der Waals surface area contributed by atoms with Crippen LogP contribution in [0.2, 0.25) is 0 Å². The van der Waals surface area contributed by atoms with Crippen molar-refractivity contribution in [1.29, 1.82) is 0 Å². The van der Waals surface area contributed by atoms with Crippen LogP contribution in [0.15, 0.2) is 23.1 Å². The molecule has 12 heteroatoms. The second-order valence-corrected chi connectivity index (χ2v) is 10.1. The van der Waals surface area contributed by atoms with Crippen LogP contribution in [0.3, 0.4) is 0 Å². The van der Waals surface area contributed by atoms with E-state index in [1.54, 1.807) is 4.90 Å². The Morgan fingerprint density at radius 2 is 1.92 bits per heavy atom. The number of fused-ring (bicyclic) bond motifs is 4. The maximum absolute atomic E-state index is 14.1. The largest absolute Gasteiger partial charge is 0.487 e. The lowest BCUT2D eigenvalue weighted by molar-refractivity contribution is -0.0409. The van der Waals surface area contributed by atoms with E-state index < -0.39 is 64.0 Å². The van der Waals surface area contributed by atoms with Gasteiger partial charge in [-0.15, -0.1) is 0 Å². The third kappa shape index (κ3) is 5.40. The molecule has 0 radical (unpaired) electrons. The fourth-order valence-corrected chi connectivity index (χ4v) is 5.25. The number of carbonyl (C=O) groups excluding carboxylic acids is 2. The number of unbranched alkanes of at least 4 members (excludes halogenated alkanes) is 1. The zero-order chi connectivity index (χ0) is 28.5. The molecule has 2 aliphatic heterocycles. The minimum Gasteiger partial charge on any atom is -0.487 e. The molecule has 1 aromatic heterocycles. The van der Waals surface area contributed by atoms with Crippen molar-refractivity contribution < 1.29 is 37.7 Å². The fraction of sp³-hybridized carbons (Fsp3) is 0.519. The van der Waals surface area contributed by atoms with E-state index in [9.17, 15) is 37.8 Å². The number of rotatable bonds is 9. The molecule has 212 valence electrons. The van der Waals surface area contributed by atoms with E-state index in [0.717, 1.165) is 12.6 Å². The smallest absolute Gasteiger partial charge is 0.274 e. The summed E-state index contributed by atoms with van der Waals surface area (Å²) in [5, 5.41) is 23.6. The van der Waals surface area contributed by atoms with Crippen LogP contribution in [0.5, 0.6) is 5.75 Å². The molecule has 1 saturated heterocycles. The summed E-state index contributed by atoms with van der Waals surface area (Å²) in [5.41, 5.74) is -3.51. The minimum atomic E-state index is -1.46. The fourth-order valence-electron chi connectivity index (χ4n) is 5.25. The first-order valence-electron chi connectivity index (χ1n) is 13.0. The molecular weight excluding hydrogens is 519 g/mol. The number of hydrogen-bond donors (Lipinski definition) is 3. The summed E-state index contributed by atoms with van der Waals surface area (Å²) in [6.45, 7) is 2.91. The molecule has 1 aromatic carbocycles. The van der Waals surface area contributed by atoms with Crippen LogP contribution < -0.4 is 15.5 Å². The number of hydrogen-bond acceptors (Lipinski definition) is 6. The van der Waals surface area contributed by atoms with E-state index in [2.05, 4.69) is 5.32 Å². The van der Waals surface area contributed by atoms with Gasteiger partial charge in [-0.25, -0.2) is 13.2 Å². The minimum absolute atomic E-state index is 0.00530. The summed E-state index contributed by atoms with van der Waals surface area (Å²) in [4.78, 5) is 41.8. The molecule has 2 bridgehead atoms. The number of carbonyl (C=O) groups is 2. The van der Waals surface area contributed by atoms with E-state index in [0.29, 0.717) is 25.0 Å². The molecule has 0 spiro atoms. The zero-order valence-corrected chi connectivity index (χ0v) is 21.8. The second-order valence-electron chi connectivity index (χ2n) is 10.1. The van der Waals surface area contributed by atoms with Crippen LogP contribution >= 0.6 is 0 Å². The van der Waals surface area contributed by atoms with E-state index in [-0.39, 0.29) is 50.1 Å². The van der Waals surface area contributed by atoms with Gasteiger partial charge in [0.2, 0.25) is 5.43 Å². The Bertz CT molecular complexity index is 1310. The molecule has 0 unspecified atom stereocenters. The average molecular weight is 552 g/mol. The average Bonchev–Trinajstić information content (AvgIpc) is 2.98. The molecule has 3 heterocycles. The first kappa shape index (κ1) is 28.6. The monoisotopic (exact) mass is 551 g/mol. The summed E-state index contributed by atoms with van der Waals surface area (Å²) in [7, 11) is 0. The number of aromatic nitrogens is 1. The summed E-state index contributed by atoms with van der Waals surface area (Å²) in [6, 6.07) is -0.118. The Labute approximate surface area is 223 Å². The maximum atomic E-state index is 14.1. The zero-order valence-electron chi connectivity index (χ0n) is 21.8. The summed E-state index contributed by atoms with van der Waals surface area (Å²) in [5.74, 6) is -5.36.